The largest absolute Gasteiger partial charge is 0.394 e. The first-order valence-corrected chi connectivity index (χ1v) is 6.49. The fourth-order valence-electron chi connectivity index (χ4n) is 2.59. The van der Waals surface area contributed by atoms with Gasteiger partial charge in [0.25, 0.3) is 11.8 Å². The molecule has 1 unspecified atom stereocenters. The van der Waals surface area contributed by atoms with Gasteiger partial charge in [0.1, 0.15) is 0 Å². The van der Waals surface area contributed by atoms with E-state index in [-0.39, 0.29) is 24.3 Å². The van der Waals surface area contributed by atoms with Crippen LogP contribution in [0.3, 0.4) is 0 Å². The van der Waals surface area contributed by atoms with Gasteiger partial charge in [-0.1, -0.05) is 26.0 Å². The number of amides is 2. The fourth-order valence-corrected chi connectivity index (χ4v) is 2.59. The van der Waals surface area contributed by atoms with Crippen LogP contribution in [0.25, 0.3) is 0 Å². The fraction of sp³-hybridized carbons (Fsp3) is 0.467. The van der Waals surface area contributed by atoms with Gasteiger partial charge in [-0.3, -0.25) is 14.5 Å². The van der Waals surface area contributed by atoms with Crippen molar-refractivity contribution in [2.45, 2.75) is 33.7 Å². The number of aryl methyl sites for hydroxylation is 2. The minimum absolute atomic E-state index is 0.0211. The average molecular weight is 261 g/mol. The molecule has 1 aliphatic rings. The van der Waals surface area contributed by atoms with E-state index in [1.807, 2.05) is 39.8 Å². The highest BCUT2D eigenvalue weighted by Crippen LogP contribution is 2.31. The zero-order valence-electron chi connectivity index (χ0n) is 11.7. The van der Waals surface area contributed by atoms with Gasteiger partial charge in [0, 0.05) is 0 Å². The molecule has 0 bridgehead atoms. The number of hydrogen-bond donors (Lipinski definition) is 1. The van der Waals surface area contributed by atoms with E-state index >= 15 is 0 Å². The summed E-state index contributed by atoms with van der Waals surface area (Å²) in [5.41, 5.74) is 2.59. The summed E-state index contributed by atoms with van der Waals surface area (Å²) in [5.74, 6) is -0.546. The van der Waals surface area contributed by atoms with Gasteiger partial charge in [0.2, 0.25) is 0 Å². The van der Waals surface area contributed by atoms with E-state index in [9.17, 15) is 14.7 Å². The van der Waals surface area contributed by atoms with Gasteiger partial charge in [0.05, 0.1) is 23.8 Å². The quantitative estimate of drug-likeness (QED) is 0.846. The molecule has 1 aromatic rings. The van der Waals surface area contributed by atoms with Crippen LogP contribution in [0.4, 0.5) is 0 Å². The van der Waals surface area contributed by atoms with E-state index in [1.54, 1.807) is 0 Å². The molecule has 2 amide bonds. The Kier molecular flexibility index (Phi) is 3.45. The van der Waals surface area contributed by atoms with Crippen LogP contribution in [0.15, 0.2) is 12.1 Å². The van der Waals surface area contributed by atoms with Crippen molar-refractivity contribution < 1.29 is 14.7 Å². The van der Waals surface area contributed by atoms with Gasteiger partial charge in [-0.2, -0.15) is 0 Å². The van der Waals surface area contributed by atoms with Crippen molar-refractivity contribution in [3.63, 3.8) is 0 Å². The molecule has 0 fully saturated rings. The van der Waals surface area contributed by atoms with Crippen LogP contribution >= 0.6 is 0 Å². The maximum Gasteiger partial charge on any atom is 0.262 e. The van der Waals surface area contributed by atoms with Gasteiger partial charge in [-0.25, -0.2) is 0 Å². The van der Waals surface area contributed by atoms with Crippen molar-refractivity contribution in [1.82, 2.24) is 4.90 Å². The number of benzene rings is 1. The Morgan fingerprint density at radius 3 is 1.79 bits per heavy atom. The first-order chi connectivity index (χ1) is 8.90. The van der Waals surface area contributed by atoms with E-state index in [4.69, 9.17) is 0 Å². The summed E-state index contributed by atoms with van der Waals surface area (Å²) in [5, 5.41) is 9.46. The highest BCUT2D eigenvalue weighted by atomic mass is 16.3. The lowest BCUT2D eigenvalue weighted by molar-refractivity contribution is 0.0451. The molecule has 1 N–H and O–H groups in total. The highest BCUT2D eigenvalue weighted by molar-refractivity contribution is 6.22. The van der Waals surface area contributed by atoms with Crippen molar-refractivity contribution in [3.05, 3.63) is 34.4 Å². The molecule has 0 saturated heterocycles. The molecule has 0 aliphatic carbocycles. The van der Waals surface area contributed by atoms with Crippen LogP contribution in [0.5, 0.6) is 0 Å². The molecular weight excluding hydrogens is 242 g/mol. The molecule has 1 heterocycles. The van der Waals surface area contributed by atoms with Crippen molar-refractivity contribution in [3.8, 4) is 0 Å². The Morgan fingerprint density at radius 2 is 1.47 bits per heavy atom. The molecule has 102 valence electrons. The van der Waals surface area contributed by atoms with Crippen LogP contribution in [-0.4, -0.2) is 34.5 Å². The van der Waals surface area contributed by atoms with Gasteiger partial charge in [0.15, 0.2) is 0 Å². The van der Waals surface area contributed by atoms with Crippen LogP contribution in [-0.2, 0) is 0 Å². The number of aliphatic hydroxyl groups is 1. The maximum absolute atomic E-state index is 12.5. The first kappa shape index (κ1) is 13.7. The minimum Gasteiger partial charge on any atom is -0.394 e. The topological polar surface area (TPSA) is 57.6 Å². The molecular formula is C15H19NO3. The molecule has 4 nitrogen and oxygen atoms in total. The van der Waals surface area contributed by atoms with E-state index in [0.717, 1.165) is 11.1 Å². The molecule has 0 saturated carbocycles. The molecule has 19 heavy (non-hydrogen) atoms. The third-order valence-electron chi connectivity index (χ3n) is 3.78. The lowest BCUT2D eigenvalue weighted by Gasteiger charge is -2.27. The van der Waals surface area contributed by atoms with Gasteiger partial charge in [-0.05, 0) is 30.9 Å². The standard InChI is InChI=1S/C15H19NO3/c1-8(2)11(7-17)16-14(18)12-9(3)5-6-10(4)13(12)15(16)19/h5-6,8,11,17H,7H2,1-4H3. The average Bonchev–Trinajstić information content (AvgIpc) is 2.60. The summed E-state index contributed by atoms with van der Waals surface area (Å²) >= 11 is 0. The number of hydrogen-bond acceptors (Lipinski definition) is 3. The van der Waals surface area contributed by atoms with Crippen LogP contribution < -0.4 is 0 Å². The zero-order chi connectivity index (χ0) is 14.3. The third-order valence-corrected chi connectivity index (χ3v) is 3.78. The Bertz CT molecular complexity index is 508. The first-order valence-electron chi connectivity index (χ1n) is 6.49. The Balaban J connectivity index is 2.56. The van der Waals surface area contributed by atoms with Crippen LogP contribution in [0.2, 0.25) is 0 Å². The molecule has 4 heteroatoms. The molecule has 2 rings (SSSR count). The Labute approximate surface area is 113 Å². The van der Waals surface area contributed by atoms with Crippen LogP contribution in [0, 0.1) is 19.8 Å². The van der Waals surface area contributed by atoms with E-state index < -0.39 is 6.04 Å². The SMILES string of the molecule is Cc1ccc(C)c2c1C(=O)N(C(CO)C(C)C)C2=O. The summed E-state index contributed by atoms with van der Waals surface area (Å²) in [6.07, 6.45) is 0. The monoisotopic (exact) mass is 261 g/mol. The molecule has 0 aromatic heterocycles. The lowest BCUT2D eigenvalue weighted by Crippen LogP contribution is -2.45. The van der Waals surface area contributed by atoms with Gasteiger partial charge in [-0.15, -0.1) is 0 Å². The van der Waals surface area contributed by atoms with Crippen molar-refractivity contribution in [2.24, 2.45) is 5.92 Å². The number of carbonyl (C=O) groups excluding carboxylic acids is 2. The Hall–Kier alpha value is -1.68. The molecule has 1 aromatic carbocycles. The molecule has 1 atom stereocenters. The predicted molar refractivity (Wildman–Crippen MR) is 72.1 cm³/mol. The summed E-state index contributed by atoms with van der Waals surface area (Å²) < 4.78 is 0. The predicted octanol–water partition coefficient (Wildman–Crippen LogP) is 1.92. The number of carbonyl (C=O) groups is 2. The van der Waals surface area contributed by atoms with Gasteiger partial charge < -0.3 is 5.11 Å². The normalized spacial score (nSPS) is 16.2. The number of rotatable bonds is 3. The number of aliphatic hydroxyl groups excluding tert-OH is 1. The molecule has 0 spiro atoms. The second kappa shape index (κ2) is 4.78. The second-order valence-electron chi connectivity index (χ2n) is 5.42. The number of imide groups is 1. The van der Waals surface area contributed by atoms with Crippen LogP contribution in [0.1, 0.15) is 45.7 Å². The smallest absolute Gasteiger partial charge is 0.262 e. The highest BCUT2D eigenvalue weighted by Gasteiger charge is 2.42. The summed E-state index contributed by atoms with van der Waals surface area (Å²) in [6, 6.07) is 3.24. The maximum atomic E-state index is 12.5. The Morgan fingerprint density at radius 1 is 1.05 bits per heavy atom. The zero-order valence-corrected chi connectivity index (χ0v) is 11.7. The summed E-state index contributed by atoms with van der Waals surface area (Å²) in [7, 11) is 0. The molecule has 0 radical (unpaired) electrons. The number of fused-ring (bicyclic) bond motifs is 1. The molecule has 1 aliphatic heterocycles. The summed E-state index contributed by atoms with van der Waals surface area (Å²) in [4.78, 5) is 26.2. The minimum atomic E-state index is -0.466. The number of nitrogens with zero attached hydrogens (tertiary/aromatic N) is 1. The van der Waals surface area contributed by atoms with Crippen molar-refractivity contribution >= 4 is 11.8 Å². The second-order valence-corrected chi connectivity index (χ2v) is 5.42. The van der Waals surface area contributed by atoms with Crippen molar-refractivity contribution in [2.75, 3.05) is 6.61 Å². The van der Waals surface area contributed by atoms with Gasteiger partial charge >= 0.3 is 0 Å². The van der Waals surface area contributed by atoms with E-state index in [0.29, 0.717) is 11.1 Å². The van der Waals surface area contributed by atoms with E-state index in [2.05, 4.69) is 0 Å². The van der Waals surface area contributed by atoms with Crippen molar-refractivity contribution in [1.29, 1.82) is 0 Å². The third kappa shape index (κ3) is 1.96. The van der Waals surface area contributed by atoms with E-state index in [1.165, 1.54) is 4.90 Å². The lowest BCUT2D eigenvalue weighted by atomic mass is 9.99. The summed E-state index contributed by atoms with van der Waals surface area (Å²) in [6.45, 7) is 7.24.